The van der Waals surface area contributed by atoms with Crippen LogP contribution in [0.2, 0.25) is 5.02 Å². The fraction of sp³-hybridized carbons (Fsp3) is 0.500. The summed E-state index contributed by atoms with van der Waals surface area (Å²) in [4.78, 5) is 0. The predicted octanol–water partition coefficient (Wildman–Crippen LogP) is 7.14. The number of aliphatic hydroxyl groups is 1. The van der Waals surface area contributed by atoms with Gasteiger partial charge in [-0.1, -0.05) is 61.3 Å². The first-order valence-corrected chi connectivity index (χ1v) is 10.6. The molecule has 0 amide bonds. The van der Waals surface area contributed by atoms with Crippen molar-refractivity contribution in [3.63, 3.8) is 0 Å². The Bertz CT molecular complexity index is 746. The fourth-order valence-electron chi connectivity index (χ4n) is 4.25. The van der Waals surface area contributed by atoms with Crippen molar-refractivity contribution < 1.29 is 9.50 Å². The zero-order valence-corrected chi connectivity index (χ0v) is 17.1. The van der Waals surface area contributed by atoms with E-state index in [9.17, 15) is 5.11 Å². The molecule has 0 aromatic heterocycles. The van der Waals surface area contributed by atoms with Crippen molar-refractivity contribution in [3.8, 4) is 11.1 Å². The molecule has 2 aromatic rings. The first kappa shape index (κ1) is 20.4. The summed E-state index contributed by atoms with van der Waals surface area (Å²) < 4.78 is 15.0. The minimum atomic E-state index is -0.312. The summed E-state index contributed by atoms with van der Waals surface area (Å²) in [6.45, 7) is 4.05. The predicted molar refractivity (Wildman–Crippen MR) is 112 cm³/mol. The van der Waals surface area contributed by atoms with Gasteiger partial charge in [-0.3, -0.25) is 0 Å². The Morgan fingerprint density at radius 3 is 2.33 bits per heavy atom. The molecule has 1 aliphatic rings. The second-order valence-electron chi connectivity index (χ2n) is 7.98. The highest BCUT2D eigenvalue weighted by atomic mass is 35.5. The van der Waals surface area contributed by atoms with Gasteiger partial charge in [0.05, 0.1) is 11.1 Å². The highest BCUT2D eigenvalue weighted by molar-refractivity contribution is 6.32. The van der Waals surface area contributed by atoms with Crippen LogP contribution in [-0.4, -0.2) is 11.2 Å². The molecule has 146 valence electrons. The average molecular weight is 389 g/mol. The van der Waals surface area contributed by atoms with Crippen LogP contribution in [0.3, 0.4) is 0 Å². The van der Waals surface area contributed by atoms with E-state index in [4.69, 9.17) is 11.6 Å². The topological polar surface area (TPSA) is 20.2 Å². The van der Waals surface area contributed by atoms with Gasteiger partial charge in [0, 0.05) is 5.56 Å². The molecule has 0 saturated heterocycles. The second-order valence-corrected chi connectivity index (χ2v) is 8.36. The summed E-state index contributed by atoms with van der Waals surface area (Å²) in [6.07, 6.45) is 7.01. The van der Waals surface area contributed by atoms with E-state index in [1.54, 1.807) is 0 Å². The molecular formula is C24H30ClFO. The fourth-order valence-corrected chi connectivity index (χ4v) is 4.57. The van der Waals surface area contributed by atoms with E-state index in [1.807, 2.05) is 31.2 Å². The van der Waals surface area contributed by atoms with Gasteiger partial charge in [0.25, 0.3) is 0 Å². The Labute approximate surface area is 167 Å². The minimum Gasteiger partial charge on any atom is -0.393 e. The molecule has 1 aliphatic carbocycles. The van der Waals surface area contributed by atoms with E-state index in [0.717, 1.165) is 43.2 Å². The van der Waals surface area contributed by atoms with Crippen molar-refractivity contribution in [1.29, 1.82) is 0 Å². The van der Waals surface area contributed by atoms with Gasteiger partial charge in [-0.15, -0.1) is 0 Å². The molecule has 1 atom stereocenters. The molecular weight excluding hydrogens is 359 g/mol. The first-order valence-electron chi connectivity index (χ1n) is 10.3. The lowest BCUT2D eigenvalue weighted by Crippen LogP contribution is -2.22. The molecule has 1 unspecified atom stereocenters. The SMILES string of the molecule is CCCCc1ccc(-c2ccc(C3CCC(C(C)O)CC3)c(Cl)c2F)cc1. The molecule has 0 aliphatic heterocycles. The normalized spacial score (nSPS) is 21.2. The zero-order chi connectivity index (χ0) is 19.4. The van der Waals surface area contributed by atoms with E-state index in [2.05, 4.69) is 19.1 Å². The van der Waals surface area contributed by atoms with Crippen LogP contribution in [0.15, 0.2) is 36.4 Å². The number of rotatable bonds is 6. The van der Waals surface area contributed by atoms with E-state index in [0.29, 0.717) is 11.5 Å². The van der Waals surface area contributed by atoms with Gasteiger partial charge in [0.1, 0.15) is 5.82 Å². The van der Waals surface area contributed by atoms with Crippen molar-refractivity contribution in [2.75, 3.05) is 0 Å². The van der Waals surface area contributed by atoms with Crippen LogP contribution in [0, 0.1) is 11.7 Å². The average Bonchev–Trinajstić information content (AvgIpc) is 2.69. The summed E-state index contributed by atoms with van der Waals surface area (Å²) in [5.74, 6) is 0.330. The maximum absolute atomic E-state index is 15.0. The number of halogens is 2. The van der Waals surface area contributed by atoms with Gasteiger partial charge in [0.2, 0.25) is 0 Å². The van der Waals surface area contributed by atoms with E-state index >= 15 is 4.39 Å². The molecule has 1 nitrogen and oxygen atoms in total. The van der Waals surface area contributed by atoms with Gasteiger partial charge < -0.3 is 5.11 Å². The third kappa shape index (κ3) is 4.73. The molecule has 1 fully saturated rings. The minimum absolute atomic E-state index is 0.263. The molecule has 3 heteroatoms. The van der Waals surface area contributed by atoms with Crippen LogP contribution in [0.1, 0.15) is 69.4 Å². The molecule has 1 saturated carbocycles. The number of hydrogen-bond acceptors (Lipinski definition) is 1. The van der Waals surface area contributed by atoms with Gasteiger partial charge in [-0.05, 0) is 74.0 Å². The number of hydrogen-bond donors (Lipinski definition) is 1. The maximum atomic E-state index is 15.0. The van der Waals surface area contributed by atoms with Crippen molar-refractivity contribution in [2.24, 2.45) is 5.92 Å². The van der Waals surface area contributed by atoms with E-state index in [-0.39, 0.29) is 22.9 Å². The molecule has 27 heavy (non-hydrogen) atoms. The van der Waals surface area contributed by atoms with Gasteiger partial charge in [0.15, 0.2) is 0 Å². The monoisotopic (exact) mass is 388 g/mol. The molecule has 2 aromatic carbocycles. The van der Waals surface area contributed by atoms with Crippen molar-refractivity contribution in [2.45, 2.75) is 70.8 Å². The molecule has 0 heterocycles. The Hall–Kier alpha value is -1.38. The first-order chi connectivity index (χ1) is 13.0. The highest BCUT2D eigenvalue weighted by Crippen LogP contribution is 2.42. The summed E-state index contributed by atoms with van der Waals surface area (Å²) in [6, 6.07) is 12.0. The smallest absolute Gasteiger partial charge is 0.149 e. The molecule has 0 bridgehead atoms. The summed E-state index contributed by atoms with van der Waals surface area (Å²) >= 11 is 6.46. The molecule has 0 radical (unpaired) electrons. The molecule has 1 N–H and O–H groups in total. The number of aliphatic hydroxyl groups excluding tert-OH is 1. The van der Waals surface area contributed by atoms with Crippen molar-refractivity contribution in [3.05, 3.63) is 58.4 Å². The Morgan fingerprint density at radius 1 is 1.07 bits per heavy atom. The number of unbranched alkanes of at least 4 members (excludes halogenated alkanes) is 1. The summed E-state index contributed by atoms with van der Waals surface area (Å²) in [5.41, 5.74) is 3.66. The molecule has 3 rings (SSSR count). The van der Waals surface area contributed by atoms with Crippen molar-refractivity contribution in [1.82, 2.24) is 0 Å². The third-order valence-corrected chi connectivity index (χ3v) is 6.47. The Morgan fingerprint density at radius 2 is 1.74 bits per heavy atom. The van der Waals surface area contributed by atoms with Crippen LogP contribution < -0.4 is 0 Å². The van der Waals surface area contributed by atoms with Crippen LogP contribution in [0.4, 0.5) is 4.39 Å². The lowest BCUT2D eigenvalue weighted by Gasteiger charge is -2.31. The second kappa shape index (κ2) is 9.21. The Balaban J connectivity index is 1.77. The van der Waals surface area contributed by atoms with Crippen LogP contribution in [0.5, 0.6) is 0 Å². The number of aryl methyl sites for hydroxylation is 1. The van der Waals surface area contributed by atoms with E-state index < -0.39 is 0 Å². The van der Waals surface area contributed by atoms with Gasteiger partial charge in [-0.2, -0.15) is 0 Å². The lowest BCUT2D eigenvalue weighted by molar-refractivity contribution is 0.0967. The Kier molecular flexibility index (Phi) is 6.94. The van der Waals surface area contributed by atoms with Crippen LogP contribution in [0.25, 0.3) is 11.1 Å². The number of benzene rings is 2. The lowest BCUT2D eigenvalue weighted by atomic mass is 9.76. The van der Waals surface area contributed by atoms with Gasteiger partial charge >= 0.3 is 0 Å². The van der Waals surface area contributed by atoms with Crippen LogP contribution >= 0.6 is 11.6 Å². The quantitative estimate of drug-likeness (QED) is 0.557. The standard InChI is InChI=1S/C24H30ClFO/c1-3-4-5-17-6-8-20(9-7-17)22-15-14-21(23(25)24(22)26)19-12-10-18(11-13-19)16(2)27/h6-9,14-16,18-19,27H,3-5,10-13H2,1-2H3. The van der Waals surface area contributed by atoms with Crippen LogP contribution in [-0.2, 0) is 6.42 Å². The van der Waals surface area contributed by atoms with E-state index in [1.165, 1.54) is 18.4 Å². The zero-order valence-electron chi connectivity index (χ0n) is 16.3. The third-order valence-electron chi connectivity index (χ3n) is 6.09. The van der Waals surface area contributed by atoms with Crippen molar-refractivity contribution >= 4 is 11.6 Å². The maximum Gasteiger partial charge on any atom is 0.149 e. The highest BCUT2D eigenvalue weighted by Gasteiger charge is 2.27. The molecule has 0 spiro atoms. The summed E-state index contributed by atoms with van der Waals surface area (Å²) in [5, 5.41) is 10.0. The largest absolute Gasteiger partial charge is 0.393 e. The van der Waals surface area contributed by atoms with Gasteiger partial charge in [-0.25, -0.2) is 4.39 Å². The summed E-state index contributed by atoms with van der Waals surface area (Å²) in [7, 11) is 0.